The fourth-order valence-electron chi connectivity index (χ4n) is 4.09. The van der Waals surface area contributed by atoms with E-state index in [-0.39, 0.29) is 5.91 Å². The molecule has 158 valence electrons. The Balaban J connectivity index is 1.88. The normalized spacial score (nSPS) is 11.8. The lowest BCUT2D eigenvalue weighted by Crippen LogP contribution is -2.28. The van der Waals surface area contributed by atoms with Crippen molar-refractivity contribution in [1.82, 2.24) is 4.90 Å². The van der Waals surface area contributed by atoms with Gasteiger partial charge >= 0.3 is 0 Å². The van der Waals surface area contributed by atoms with E-state index in [0.717, 1.165) is 33.2 Å². The molecule has 31 heavy (non-hydrogen) atoms. The number of carbonyl (C=O) groups is 1. The number of nitrogens with zero attached hydrogens (tertiary/aromatic N) is 1. The molecule has 0 aliphatic rings. The summed E-state index contributed by atoms with van der Waals surface area (Å²) in [6, 6.07) is 18.6. The Morgan fingerprint density at radius 2 is 1.74 bits per heavy atom. The summed E-state index contributed by atoms with van der Waals surface area (Å²) in [5, 5.41) is 3.35. The molecule has 4 rings (SSSR count). The maximum absolute atomic E-state index is 12.6. The first-order chi connectivity index (χ1) is 15.1. The molecular weight excluding hydrogens is 386 g/mol. The van der Waals surface area contributed by atoms with Crippen LogP contribution < -0.4 is 4.74 Å². The summed E-state index contributed by atoms with van der Waals surface area (Å²) in [6.45, 7) is 7.28. The lowest BCUT2D eigenvalue weighted by Gasteiger charge is -2.17. The minimum Gasteiger partial charge on any atom is -0.496 e. The van der Waals surface area contributed by atoms with E-state index in [1.807, 2.05) is 39.0 Å². The summed E-state index contributed by atoms with van der Waals surface area (Å²) in [4.78, 5) is 14.4. The standard InChI is InChI=1S/C27H27NO3/c1-5-28(6-2)27(29)14-18(3)22-15-23-24(17-31-26(23)16-25(22)30-4)21-13-9-11-19-10-7-8-12-20(19)21/h7-17H,5-6H2,1-4H3/b18-14+. The molecule has 1 amide bonds. The molecule has 0 radical (unpaired) electrons. The zero-order valence-electron chi connectivity index (χ0n) is 18.4. The van der Waals surface area contributed by atoms with Gasteiger partial charge in [-0.25, -0.2) is 0 Å². The number of fused-ring (bicyclic) bond motifs is 2. The van der Waals surface area contributed by atoms with E-state index < -0.39 is 0 Å². The van der Waals surface area contributed by atoms with Crippen LogP contribution in [0.4, 0.5) is 0 Å². The Kier molecular flexibility index (Phi) is 5.81. The topological polar surface area (TPSA) is 42.7 Å². The van der Waals surface area contributed by atoms with Crippen LogP contribution in [-0.2, 0) is 4.79 Å². The third-order valence-corrected chi connectivity index (χ3v) is 5.82. The molecule has 0 atom stereocenters. The first kappa shape index (κ1) is 20.7. The molecule has 1 heterocycles. The number of rotatable bonds is 6. The van der Waals surface area contributed by atoms with Gasteiger partial charge in [0.25, 0.3) is 0 Å². The molecule has 0 bridgehead atoms. The highest BCUT2D eigenvalue weighted by Gasteiger charge is 2.17. The van der Waals surface area contributed by atoms with Gasteiger partial charge in [0, 0.05) is 41.7 Å². The number of methoxy groups -OCH3 is 1. The Morgan fingerprint density at radius 1 is 1.00 bits per heavy atom. The molecule has 0 unspecified atom stereocenters. The van der Waals surface area contributed by atoms with Crippen LogP contribution in [-0.4, -0.2) is 31.0 Å². The Morgan fingerprint density at radius 3 is 2.48 bits per heavy atom. The van der Waals surface area contributed by atoms with Gasteiger partial charge in [0.2, 0.25) is 5.91 Å². The van der Waals surface area contributed by atoms with Gasteiger partial charge in [0.15, 0.2) is 0 Å². The maximum atomic E-state index is 12.6. The van der Waals surface area contributed by atoms with Crippen molar-refractivity contribution in [3.8, 4) is 16.9 Å². The Bertz CT molecular complexity index is 1270. The Labute approximate surface area is 182 Å². The first-order valence-electron chi connectivity index (χ1n) is 10.6. The van der Waals surface area contributed by atoms with Gasteiger partial charge in [-0.3, -0.25) is 4.79 Å². The summed E-state index contributed by atoms with van der Waals surface area (Å²) in [5.41, 5.74) is 4.65. The number of hydrogen-bond acceptors (Lipinski definition) is 3. The zero-order valence-corrected chi connectivity index (χ0v) is 18.4. The fraction of sp³-hybridized carbons (Fsp3) is 0.222. The van der Waals surface area contributed by atoms with E-state index in [9.17, 15) is 4.79 Å². The molecule has 1 aromatic heterocycles. The average molecular weight is 414 g/mol. The second-order valence-corrected chi connectivity index (χ2v) is 7.56. The van der Waals surface area contributed by atoms with Crippen molar-refractivity contribution >= 4 is 33.2 Å². The lowest BCUT2D eigenvalue weighted by atomic mass is 9.96. The SMILES string of the molecule is CCN(CC)C(=O)/C=C(\C)c1cc2c(-c3cccc4ccccc34)coc2cc1OC. The van der Waals surface area contributed by atoms with Gasteiger partial charge in [-0.05, 0) is 48.7 Å². The second kappa shape index (κ2) is 8.68. The van der Waals surface area contributed by atoms with Gasteiger partial charge in [-0.2, -0.15) is 0 Å². The van der Waals surface area contributed by atoms with E-state index in [1.54, 1.807) is 24.3 Å². The molecule has 4 aromatic rings. The van der Waals surface area contributed by atoms with Crippen molar-refractivity contribution in [2.24, 2.45) is 0 Å². The molecule has 0 saturated heterocycles. The number of carbonyl (C=O) groups excluding carboxylic acids is 1. The van der Waals surface area contributed by atoms with Crippen LogP contribution in [0.2, 0.25) is 0 Å². The van der Waals surface area contributed by atoms with Crippen molar-refractivity contribution in [2.75, 3.05) is 20.2 Å². The van der Waals surface area contributed by atoms with E-state index in [0.29, 0.717) is 18.8 Å². The minimum atomic E-state index is 0.00567. The third kappa shape index (κ3) is 3.81. The lowest BCUT2D eigenvalue weighted by molar-refractivity contribution is -0.125. The minimum absolute atomic E-state index is 0.00567. The number of benzene rings is 3. The molecular formula is C27H27NO3. The largest absolute Gasteiger partial charge is 0.496 e. The molecule has 4 nitrogen and oxygen atoms in total. The number of likely N-dealkylation sites (N-methyl/N-ethyl adjacent to an activating group) is 1. The quantitative estimate of drug-likeness (QED) is 0.337. The van der Waals surface area contributed by atoms with Crippen molar-refractivity contribution in [3.05, 3.63) is 72.5 Å². The number of furan rings is 1. The average Bonchev–Trinajstić information content (AvgIpc) is 3.21. The molecule has 4 heteroatoms. The maximum Gasteiger partial charge on any atom is 0.246 e. The number of allylic oxidation sites excluding steroid dienone is 1. The van der Waals surface area contributed by atoms with Crippen LogP contribution in [0.25, 0.3) is 38.4 Å². The first-order valence-corrected chi connectivity index (χ1v) is 10.6. The van der Waals surface area contributed by atoms with Crippen LogP contribution >= 0.6 is 0 Å². The third-order valence-electron chi connectivity index (χ3n) is 5.82. The van der Waals surface area contributed by atoms with Gasteiger partial charge in [-0.1, -0.05) is 42.5 Å². The van der Waals surface area contributed by atoms with Gasteiger partial charge in [0.1, 0.15) is 11.3 Å². The van der Waals surface area contributed by atoms with E-state index in [2.05, 4.69) is 36.4 Å². The van der Waals surface area contributed by atoms with Crippen LogP contribution in [0.5, 0.6) is 5.75 Å². The predicted molar refractivity (Wildman–Crippen MR) is 127 cm³/mol. The van der Waals surface area contributed by atoms with Crippen LogP contribution in [0, 0.1) is 0 Å². The summed E-state index contributed by atoms with van der Waals surface area (Å²) in [6.07, 6.45) is 3.49. The predicted octanol–water partition coefficient (Wildman–Crippen LogP) is 6.53. The number of ether oxygens (including phenoxy) is 1. The van der Waals surface area contributed by atoms with Crippen LogP contribution in [0.1, 0.15) is 26.3 Å². The van der Waals surface area contributed by atoms with Crippen molar-refractivity contribution in [1.29, 1.82) is 0 Å². The molecule has 0 fully saturated rings. The fourth-order valence-corrected chi connectivity index (χ4v) is 4.09. The van der Waals surface area contributed by atoms with E-state index >= 15 is 0 Å². The number of amides is 1. The molecule has 3 aromatic carbocycles. The molecule has 0 spiro atoms. The van der Waals surface area contributed by atoms with Crippen molar-refractivity contribution in [3.63, 3.8) is 0 Å². The van der Waals surface area contributed by atoms with Crippen molar-refractivity contribution in [2.45, 2.75) is 20.8 Å². The van der Waals surface area contributed by atoms with E-state index in [4.69, 9.17) is 9.15 Å². The van der Waals surface area contributed by atoms with Gasteiger partial charge in [-0.15, -0.1) is 0 Å². The molecule has 0 N–H and O–H groups in total. The van der Waals surface area contributed by atoms with Crippen molar-refractivity contribution < 1.29 is 13.9 Å². The summed E-state index contributed by atoms with van der Waals surface area (Å²) in [7, 11) is 1.64. The summed E-state index contributed by atoms with van der Waals surface area (Å²) >= 11 is 0. The highest BCUT2D eigenvalue weighted by Crippen LogP contribution is 2.39. The summed E-state index contributed by atoms with van der Waals surface area (Å²) in [5.74, 6) is 0.693. The van der Waals surface area contributed by atoms with Gasteiger partial charge < -0.3 is 14.1 Å². The van der Waals surface area contributed by atoms with Crippen LogP contribution in [0.15, 0.2) is 71.4 Å². The molecule has 0 aliphatic carbocycles. The van der Waals surface area contributed by atoms with Crippen LogP contribution in [0.3, 0.4) is 0 Å². The van der Waals surface area contributed by atoms with E-state index in [1.165, 1.54) is 10.8 Å². The zero-order chi connectivity index (χ0) is 22.0. The molecule has 0 aliphatic heterocycles. The second-order valence-electron chi connectivity index (χ2n) is 7.56. The highest BCUT2D eigenvalue weighted by molar-refractivity contribution is 6.06. The monoisotopic (exact) mass is 413 g/mol. The number of hydrogen-bond donors (Lipinski definition) is 0. The smallest absolute Gasteiger partial charge is 0.246 e. The molecule has 0 saturated carbocycles. The Hall–Kier alpha value is -3.53. The van der Waals surface area contributed by atoms with Gasteiger partial charge in [0.05, 0.1) is 13.4 Å². The summed E-state index contributed by atoms with van der Waals surface area (Å²) < 4.78 is 11.5. The highest BCUT2D eigenvalue weighted by atomic mass is 16.5.